The highest BCUT2D eigenvalue weighted by Crippen LogP contribution is 2.33. The van der Waals surface area contributed by atoms with Gasteiger partial charge in [0.2, 0.25) is 0 Å². The second-order valence-electron chi connectivity index (χ2n) is 5.13. The molecule has 0 heterocycles. The second-order valence-corrected chi connectivity index (χ2v) is 5.13. The molecule has 2 aromatic rings. The molecule has 0 saturated carbocycles. The van der Waals surface area contributed by atoms with Crippen molar-refractivity contribution < 1.29 is 19.7 Å². The van der Waals surface area contributed by atoms with Gasteiger partial charge in [-0.15, -0.1) is 0 Å². The van der Waals surface area contributed by atoms with Crippen molar-refractivity contribution in [2.45, 2.75) is 25.0 Å². The smallest absolute Gasteiger partial charge is 0.128 e. The van der Waals surface area contributed by atoms with Crippen molar-refractivity contribution in [3.63, 3.8) is 0 Å². The largest absolute Gasteiger partial charge is 0.497 e. The van der Waals surface area contributed by atoms with E-state index in [1.54, 1.807) is 32.4 Å². The fraction of sp³-hybridized carbons (Fsp3) is 0.333. The lowest BCUT2D eigenvalue weighted by molar-refractivity contribution is 0.113. The van der Waals surface area contributed by atoms with E-state index in [1.165, 1.54) is 0 Å². The van der Waals surface area contributed by atoms with Gasteiger partial charge in [-0.1, -0.05) is 30.3 Å². The van der Waals surface area contributed by atoms with Gasteiger partial charge in [-0.05, 0) is 30.5 Å². The number of ether oxygens (including phenoxy) is 2. The van der Waals surface area contributed by atoms with Crippen LogP contribution in [0, 0.1) is 0 Å². The van der Waals surface area contributed by atoms with Crippen LogP contribution in [0.5, 0.6) is 11.5 Å². The van der Waals surface area contributed by atoms with E-state index in [-0.39, 0.29) is 0 Å². The molecule has 22 heavy (non-hydrogen) atoms. The number of hydrogen-bond donors (Lipinski definition) is 2. The zero-order chi connectivity index (χ0) is 15.9. The summed E-state index contributed by atoms with van der Waals surface area (Å²) in [6.45, 7) is 0. The summed E-state index contributed by atoms with van der Waals surface area (Å²) in [6.07, 6.45) is -0.363. The van der Waals surface area contributed by atoms with Gasteiger partial charge >= 0.3 is 0 Å². The number of aliphatic hydroxyl groups is 2. The molecule has 0 amide bonds. The number of hydrogen-bond acceptors (Lipinski definition) is 4. The minimum Gasteiger partial charge on any atom is -0.497 e. The Kier molecular flexibility index (Phi) is 5.81. The first-order valence-corrected chi connectivity index (χ1v) is 7.28. The lowest BCUT2D eigenvalue weighted by Crippen LogP contribution is -2.05. The molecule has 0 aliphatic rings. The van der Waals surface area contributed by atoms with Gasteiger partial charge in [0.1, 0.15) is 11.5 Å². The fourth-order valence-corrected chi connectivity index (χ4v) is 2.41. The molecule has 2 N–H and O–H groups in total. The molecular weight excluding hydrogens is 280 g/mol. The third-order valence-corrected chi connectivity index (χ3v) is 3.70. The van der Waals surface area contributed by atoms with Gasteiger partial charge in [0, 0.05) is 11.6 Å². The molecule has 0 fully saturated rings. The number of benzene rings is 2. The molecule has 4 heteroatoms. The summed E-state index contributed by atoms with van der Waals surface area (Å²) < 4.78 is 10.4. The third-order valence-electron chi connectivity index (χ3n) is 3.70. The first-order valence-electron chi connectivity index (χ1n) is 7.28. The molecule has 4 nitrogen and oxygen atoms in total. The van der Waals surface area contributed by atoms with Gasteiger partial charge in [0.05, 0.1) is 26.4 Å². The molecule has 2 atom stereocenters. The van der Waals surface area contributed by atoms with Crippen LogP contribution in [-0.2, 0) is 0 Å². The first kappa shape index (κ1) is 16.3. The summed E-state index contributed by atoms with van der Waals surface area (Å²) in [5, 5.41) is 20.5. The first-order chi connectivity index (χ1) is 10.7. The minimum absolute atomic E-state index is 0.443. The highest BCUT2D eigenvalue weighted by atomic mass is 16.5. The molecule has 0 spiro atoms. The summed E-state index contributed by atoms with van der Waals surface area (Å²) in [6, 6.07) is 14.8. The van der Waals surface area contributed by atoms with Gasteiger partial charge in [0.15, 0.2) is 0 Å². The lowest BCUT2D eigenvalue weighted by Gasteiger charge is -2.17. The van der Waals surface area contributed by atoms with Crippen molar-refractivity contribution >= 4 is 0 Å². The summed E-state index contributed by atoms with van der Waals surface area (Å²) in [4.78, 5) is 0. The molecule has 2 rings (SSSR count). The van der Waals surface area contributed by atoms with E-state index in [0.717, 1.165) is 5.56 Å². The maximum Gasteiger partial charge on any atom is 0.128 e. The quantitative estimate of drug-likeness (QED) is 0.824. The highest BCUT2D eigenvalue weighted by Gasteiger charge is 2.16. The zero-order valence-electron chi connectivity index (χ0n) is 12.9. The van der Waals surface area contributed by atoms with Crippen LogP contribution in [0.25, 0.3) is 0 Å². The molecule has 0 aromatic heterocycles. The maximum absolute atomic E-state index is 10.4. The van der Waals surface area contributed by atoms with E-state index < -0.39 is 12.2 Å². The minimum atomic E-state index is -0.695. The van der Waals surface area contributed by atoms with E-state index >= 15 is 0 Å². The van der Waals surface area contributed by atoms with Crippen LogP contribution in [0.3, 0.4) is 0 Å². The van der Waals surface area contributed by atoms with E-state index in [0.29, 0.717) is 29.9 Å². The molecule has 0 aliphatic carbocycles. The lowest BCUT2D eigenvalue weighted by atomic mass is 9.98. The van der Waals surface area contributed by atoms with Crippen molar-refractivity contribution in [1.82, 2.24) is 0 Å². The molecule has 118 valence electrons. The molecule has 0 bridgehead atoms. The SMILES string of the molecule is COc1ccc(C(O)CCC(O)c2ccccc2)c(OC)c1. The summed E-state index contributed by atoms with van der Waals surface area (Å²) in [5.74, 6) is 1.26. The van der Waals surface area contributed by atoms with Crippen LogP contribution in [0.2, 0.25) is 0 Å². The predicted octanol–water partition coefficient (Wildman–Crippen LogP) is 3.25. The van der Waals surface area contributed by atoms with Crippen LogP contribution in [0.4, 0.5) is 0 Å². The van der Waals surface area contributed by atoms with Crippen LogP contribution in [-0.4, -0.2) is 24.4 Å². The topological polar surface area (TPSA) is 58.9 Å². The van der Waals surface area contributed by atoms with Crippen molar-refractivity contribution in [3.8, 4) is 11.5 Å². The van der Waals surface area contributed by atoms with Gasteiger partial charge in [-0.3, -0.25) is 0 Å². The molecule has 2 unspecified atom stereocenters. The Bertz CT molecular complexity index is 583. The second kappa shape index (κ2) is 7.82. The Morgan fingerprint density at radius 3 is 2.18 bits per heavy atom. The van der Waals surface area contributed by atoms with Gasteiger partial charge in [0.25, 0.3) is 0 Å². The summed E-state index contributed by atoms with van der Waals surface area (Å²) in [5.41, 5.74) is 1.56. The van der Waals surface area contributed by atoms with E-state index in [1.807, 2.05) is 30.3 Å². The Morgan fingerprint density at radius 1 is 0.864 bits per heavy atom. The fourth-order valence-electron chi connectivity index (χ4n) is 2.41. The van der Waals surface area contributed by atoms with Crippen molar-refractivity contribution in [3.05, 3.63) is 59.7 Å². The zero-order valence-corrected chi connectivity index (χ0v) is 12.9. The average molecular weight is 302 g/mol. The Morgan fingerprint density at radius 2 is 1.55 bits per heavy atom. The van der Waals surface area contributed by atoms with Crippen molar-refractivity contribution in [1.29, 1.82) is 0 Å². The van der Waals surface area contributed by atoms with Crippen molar-refractivity contribution in [2.24, 2.45) is 0 Å². The van der Waals surface area contributed by atoms with Gasteiger partial charge in [-0.2, -0.15) is 0 Å². The standard InChI is InChI=1S/C18H22O4/c1-21-14-8-9-15(18(12-14)22-2)17(20)11-10-16(19)13-6-4-3-5-7-13/h3-9,12,16-17,19-20H,10-11H2,1-2H3. The molecule has 2 aromatic carbocycles. The highest BCUT2D eigenvalue weighted by molar-refractivity contribution is 5.41. The summed E-state index contributed by atoms with van der Waals surface area (Å²) >= 11 is 0. The Labute approximate surface area is 130 Å². The Hall–Kier alpha value is -2.04. The van der Waals surface area contributed by atoms with E-state index in [9.17, 15) is 10.2 Å². The van der Waals surface area contributed by atoms with Crippen LogP contribution < -0.4 is 9.47 Å². The number of aliphatic hydroxyl groups excluding tert-OH is 2. The van der Waals surface area contributed by atoms with E-state index in [2.05, 4.69) is 0 Å². The molecule has 0 saturated heterocycles. The van der Waals surface area contributed by atoms with Gasteiger partial charge < -0.3 is 19.7 Å². The number of methoxy groups -OCH3 is 2. The van der Waals surface area contributed by atoms with Crippen LogP contribution in [0.15, 0.2) is 48.5 Å². The number of rotatable bonds is 7. The van der Waals surface area contributed by atoms with E-state index in [4.69, 9.17) is 9.47 Å². The van der Waals surface area contributed by atoms with Gasteiger partial charge in [-0.25, -0.2) is 0 Å². The average Bonchev–Trinajstić information content (AvgIpc) is 2.59. The Balaban J connectivity index is 2.01. The predicted molar refractivity (Wildman–Crippen MR) is 85.1 cm³/mol. The third kappa shape index (κ3) is 4.00. The van der Waals surface area contributed by atoms with Crippen LogP contribution in [0.1, 0.15) is 36.2 Å². The molecular formula is C18H22O4. The monoisotopic (exact) mass is 302 g/mol. The summed E-state index contributed by atoms with van der Waals surface area (Å²) in [7, 11) is 3.14. The van der Waals surface area contributed by atoms with Crippen molar-refractivity contribution in [2.75, 3.05) is 14.2 Å². The normalized spacial score (nSPS) is 13.5. The molecule has 0 radical (unpaired) electrons. The molecule has 0 aliphatic heterocycles. The van der Waals surface area contributed by atoms with Crippen LogP contribution >= 0.6 is 0 Å². The maximum atomic E-state index is 10.4.